The van der Waals surface area contributed by atoms with Crippen LogP contribution in [0.3, 0.4) is 0 Å². The van der Waals surface area contributed by atoms with Gasteiger partial charge < -0.3 is 10.4 Å². The minimum atomic E-state index is -0.848. The number of carbonyl (C=O) groups excluding carboxylic acids is 1. The Bertz CT molecular complexity index is 598. The number of hydrogen-bond acceptors (Lipinski definition) is 4. The lowest BCUT2D eigenvalue weighted by atomic mass is 9.80. The largest absolute Gasteiger partial charge is 0.481 e. The summed E-state index contributed by atoms with van der Waals surface area (Å²) >= 11 is 5.90. The lowest BCUT2D eigenvalue weighted by molar-refractivity contribution is -0.384. The summed E-state index contributed by atoms with van der Waals surface area (Å²) in [6.45, 7) is 0. The number of carboxylic acid groups (broad SMARTS) is 1. The maximum atomic E-state index is 11.8. The maximum absolute atomic E-state index is 11.8. The summed E-state index contributed by atoms with van der Waals surface area (Å²) < 4.78 is 0. The standard InChI is InChI=1S/C13H13ClN2O5/c14-11-6-10(16(20)21)2-1-7(11)5-12(17)15-9-3-8(4-9)13(18)19/h1-2,6,8-9H,3-5H2,(H,15,17)(H,18,19). The molecule has 2 N–H and O–H groups in total. The molecule has 0 bridgehead atoms. The van der Waals surface area contributed by atoms with Crippen LogP contribution in [0.1, 0.15) is 18.4 Å². The van der Waals surface area contributed by atoms with Crippen LogP contribution in [0.4, 0.5) is 5.69 Å². The Labute approximate surface area is 125 Å². The van der Waals surface area contributed by atoms with Crippen LogP contribution >= 0.6 is 11.6 Å². The zero-order valence-electron chi connectivity index (χ0n) is 10.9. The predicted octanol–water partition coefficient (Wildman–Crippen LogP) is 1.77. The summed E-state index contributed by atoms with van der Waals surface area (Å²) in [5.41, 5.74) is 0.362. The molecular weight excluding hydrogens is 300 g/mol. The highest BCUT2D eigenvalue weighted by atomic mass is 35.5. The lowest BCUT2D eigenvalue weighted by Gasteiger charge is -2.32. The third-order valence-corrected chi connectivity index (χ3v) is 3.80. The first-order valence-corrected chi connectivity index (χ1v) is 6.69. The van der Waals surface area contributed by atoms with Crippen LogP contribution in [0, 0.1) is 16.0 Å². The summed E-state index contributed by atoms with van der Waals surface area (Å²) in [6.07, 6.45) is 0.856. The molecule has 1 aliphatic carbocycles. The minimum absolute atomic E-state index is 0.00503. The molecule has 0 unspecified atom stereocenters. The number of amides is 1. The summed E-state index contributed by atoms with van der Waals surface area (Å²) in [4.78, 5) is 32.5. The van der Waals surface area contributed by atoms with Crippen molar-refractivity contribution in [2.45, 2.75) is 25.3 Å². The van der Waals surface area contributed by atoms with E-state index in [9.17, 15) is 19.7 Å². The zero-order valence-corrected chi connectivity index (χ0v) is 11.7. The Balaban J connectivity index is 1.89. The Morgan fingerprint density at radius 1 is 1.43 bits per heavy atom. The van der Waals surface area contributed by atoms with E-state index in [0.717, 1.165) is 0 Å². The molecule has 0 aromatic heterocycles. The van der Waals surface area contributed by atoms with Crippen molar-refractivity contribution in [1.29, 1.82) is 0 Å². The van der Waals surface area contributed by atoms with Gasteiger partial charge in [-0.1, -0.05) is 17.7 Å². The number of halogens is 1. The van der Waals surface area contributed by atoms with Crippen LogP contribution in [0.15, 0.2) is 18.2 Å². The summed E-state index contributed by atoms with van der Waals surface area (Å²) in [5.74, 6) is -1.52. The molecule has 0 spiro atoms. The fourth-order valence-corrected chi connectivity index (χ4v) is 2.42. The summed E-state index contributed by atoms with van der Waals surface area (Å²) in [6, 6.07) is 3.81. The maximum Gasteiger partial charge on any atom is 0.306 e. The van der Waals surface area contributed by atoms with Crippen molar-refractivity contribution in [3.05, 3.63) is 38.9 Å². The Morgan fingerprint density at radius 2 is 2.10 bits per heavy atom. The Hall–Kier alpha value is -2.15. The number of carboxylic acids is 1. The number of hydrogen-bond donors (Lipinski definition) is 2. The van der Waals surface area contributed by atoms with Gasteiger partial charge in [-0.15, -0.1) is 0 Å². The van der Waals surface area contributed by atoms with Gasteiger partial charge in [0.15, 0.2) is 0 Å². The van der Waals surface area contributed by atoms with Crippen molar-refractivity contribution in [2.75, 3.05) is 0 Å². The normalized spacial score (nSPS) is 20.4. The van der Waals surface area contributed by atoms with Gasteiger partial charge in [0.1, 0.15) is 0 Å². The number of benzene rings is 1. The number of nitrogens with one attached hydrogen (secondary N) is 1. The second-order valence-electron chi connectivity index (χ2n) is 4.98. The number of non-ortho nitro benzene ring substituents is 1. The summed E-state index contributed by atoms with van der Waals surface area (Å²) in [7, 11) is 0. The number of nitro groups is 1. The van der Waals surface area contributed by atoms with E-state index in [1.807, 2.05) is 0 Å². The van der Waals surface area contributed by atoms with Gasteiger partial charge in [0, 0.05) is 18.2 Å². The van der Waals surface area contributed by atoms with Gasteiger partial charge in [0.05, 0.1) is 22.3 Å². The monoisotopic (exact) mass is 312 g/mol. The molecule has 1 aromatic rings. The molecule has 21 heavy (non-hydrogen) atoms. The second kappa shape index (κ2) is 6.09. The van der Waals surface area contributed by atoms with Gasteiger partial charge >= 0.3 is 5.97 Å². The summed E-state index contributed by atoms with van der Waals surface area (Å²) in [5, 5.41) is 22.2. The third-order valence-electron chi connectivity index (χ3n) is 3.45. The number of rotatable bonds is 5. The highest BCUT2D eigenvalue weighted by molar-refractivity contribution is 6.31. The molecule has 112 valence electrons. The molecular formula is C13H13ClN2O5. The topological polar surface area (TPSA) is 110 Å². The molecule has 0 saturated heterocycles. The van der Waals surface area contributed by atoms with E-state index < -0.39 is 16.8 Å². The minimum Gasteiger partial charge on any atom is -0.481 e. The van der Waals surface area contributed by atoms with Gasteiger partial charge in [-0.3, -0.25) is 19.7 Å². The number of nitro benzene ring substituents is 1. The SMILES string of the molecule is O=C(Cc1ccc([N+](=O)[O-])cc1Cl)NC1CC(C(=O)O)C1. The number of aliphatic carboxylic acids is 1. The van der Waals surface area contributed by atoms with E-state index in [0.29, 0.717) is 18.4 Å². The molecule has 8 heteroatoms. The lowest BCUT2D eigenvalue weighted by Crippen LogP contribution is -2.47. The van der Waals surface area contributed by atoms with E-state index in [4.69, 9.17) is 16.7 Å². The van der Waals surface area contributed by atoms with Crippen molar-refractivity contribution in [3.8, 4) is 0 Å². The molecule has 1 amide bonds. The van der Waals surface area contributed by atoms with E-state index in [1.54, 1.807) is 0 Å². The first-order chi connectivity index (χ1) is 9.86. The van der Waals surface area contributed by atoms with Crippen LogP contribution in [-0.2, 0) is 16.0 Å². The molecule has 1 saturated carbocycles. The van der Waals surface area contributed by atoms with Crippen molar-refractivity contribution in [1.82, 2.24) is 5.32 Å². The first kappa shape index (κ1) is 15.2. The van der Waals surface area contributed by atoms with Crippen molar-refractivity contribution in [2.24, 2.45) is 5.92 Å². The molecule has 2 rings (SSSR count). The van der Waals surface area contributed by atoms with E-state index >= 15 is 0 Å². The first-order valence-electron chi connectivity index (χ1n) is 6.32. The quantitative estimate of drug-likeness (QED) is 0.636. The van der Waals surface area contributed by atoms with Crippen LogP contribution in [0.2, 0.25) is 5.02 Å². The average molecular weight is 313 g/mol. The average Bonchev–Trinajstić information content (AvgIpc) is 2.35. The zero-order chi connectivity index (χ0) is 15.6. The number of carbonyl (C=O) groups is 2. The van der Waals surface area contributed by atoms with Crippen LogP contribution in [-0.4, -0.2) is 27.9 Å². The Morgan fingerprint density at radius 3 is 2.62 bits per heavy atom. The van der Waals surface area contributed by atoms with E-state index in [-0.39, 0.29) is 29.1 Å². The number of nitrogens with zero attached hydrogens (tertiary/aromatic N) is 1. The van der Waals surface area contributed by atoms with Gasteiger partial charge in [-0.25, -0.2) is 0 Å². The van der Waals surface area contributed by atoms with Crippen molar-refractivity contribution < 1.29 is 19.6 Å². The van der Waals surface area contributed by atoms with Crippen LogP contribution < -0.4 is 5.32 Å². The molecule has 0 aliphatic heterocycles. The van der Waals surface area contributed by atoms with Gasteiger partial charge in [0.2, 0.25) is 5.91 Å². The van der Waals surface area contributed by atoms with Crippen molar-refractivity contribution in [3.63, 3.8) is 0 Å². The molecule has 1 aromatic carbocycles. The molecule has 7 nitrogen and oxygen atoms in total. The molecule has 0 radical (unpaired) electrons. The molecule has 1 fully saturated rings. The predicted molar refractivity (Wildman–Crippen MR) is 74.1 cm³/mol. The smallest absolute Gasteiger partial charge is 0.306 e. The van der Waals surface area contributed by atoms with Crippen molar-refractivity contribution >= 4 is 29.2 Å². The Kier molecular flexibility index (Phi) is 4.42. The molecule has 1 aliphatic rings. The molecule has 0 atom stereocenters. The van der Waals surface area contributed by atoms with E-state index in [1.165, 1.54) is 18.2 Å². The molecule has 0 heterocycles. The second-order valence-corrected chi connectivity index (χ2v) is 5.39. The van der Waals surface area contributed by atoms with Gasteiger partial charge in [-0.05, 0) is 18.4 Å². The van der Waals surface area contributed by atoms with Gasteiger partial charge in [-0.2, -0.15) is 0 Å². The van der Waals surface area contributed by atoms with Crippen LogP contribution in [0.25, 0.3) is 0 Å². The fraction of sp³-hybridized carbons (Fsp3) is 0.385. The highest BCUT2D eigenvalue weighted by Gasteiger charge is 2.35. The van der Waals surface area contributed by atoms with E-state index in [2.05, 4.69) is 5.32 Å². The third kappa shape index (κ3) is 3.69. The fourth-order valence-electron chi connectivity index (χ4n) is 2.18. The highest BCUT2D eigenvalue weighted by Crippen LogP contribution is 2.28. The van der Waals surface area contributed by atoms with Crippen LogP contribution in [0.5, 0.6) is 0 Å². The van der Waals surface area contributed by atoms with Gasteiger partial charge in [0.25, 0.3) is 5.69 Å².